The molecule has 0 bridgehead atoms. The SMILES string of the molecule is CCCCc1ccc2c(c1)CC(C(=O)[O-])C2. The number of aliphatic carboxylic acids is 1. The minimum Gasteiger partial charge on any atom is -0.550 e. The first kappa shape index (κ1) is 11.2. The van der Waals surface area contributed by atoms with Gasteiger partial charge in [0, 0.05) is 11.9 Å². The van der Waals surface area contributed by atoms with E-state index in [0.29, 0.717) is 12.8 Å². The highest BCUT2D eigenvalue weighted by atomic mass is 16.4. The van der Waals surface area contributed by atoms with Crippen LogP contribution in [0.25, 0.3) is 0 Å². The first-order chi connectivity index (χ1) is 7.70. The normalized spacial score (nSPS) is 18.4. The Kier molecular flexibility index (Phi) is 3.28. The van der Waals surface area contributed by atoms with E-state index in [9.17, 15) is 9.90 Å². The average Bonchev–Trinajstić information content (AvgIpc) is 2.69. The Bertz CT molecular complexity index is 396. The van der Waals surface area contributed by atoms with E-state index in [1.54, 1.807) is 0 Å². The zero-order chi connectivity index (χ0) is 11.5. The van der Waals surface area contributed by atoms with Crippen LogP contribution in [0.5, 0.6) is 0 Å². The number of fused-ring (bicyclic) bond motifs is 1. The van der Waals surface area contributed by atoms with Crippen LogP contribution in [0.1, 0.15) is 36.5 Å². The molecule has 16 heavy (non-hydrogen) atoms. The zero-order valence-corrected chi connectivity index (χ0v) is 9.66. The summed E-state index contributed by atoms with van der Waals surface area (Å²) in [6.07, 6.45) is 4.78. The van der Waals surface area contributed by atoms with Gasteiger partial charge in [0.15, 0.2) is 0 Å². The highest BCUT2D eigenvalue weighted by Crippen LogP contribution is 2.27. The van der Waals surface area contributed by atoms with Crippen molar-refractivity contribution in [3.8, 4) is 0 Å². The first-order valence-electron chi connectivity index (χ1n) is 6.02. The van der Waals surface area contributed by atoms with Crippen molar-refractivity contribution in [2.24, 2.45) is 5.92 Å². The van der Waals surface area contributed by atoms with Gasteiger partial charge in [-0.1, -0.05) is 31.5 Å². The molecule has 0 N–H and O–H groups in total. The molecule has 0 aliphatic heterocycles. The van der Waals surface area contributed by atoms with Crippen LogP contribution in [0.4, 0.5) is 0 Å². The molecule has 0 fully saturated rings. The lowest BCUT2D eigenvalue weighted by Gasteiger charge is -2.08. The number of unbranched alkanes of at least 4 members (excludes halogenated alkanes) is 1. The number of carbonyl (C=O) groups is 1. The van der Waals surface area contributed by atoms with Gasteiger partial charge in [-0.2, -0.15) is 0 Å². The van der Waals surface area contributed by atoms with Crippen LogP contribution < -0.4 is 5.11 Å². The second-order valence-electron chi connectivity index (χ2n) is 4.63. The number of carboxylic acid groups (broad SMARTS) is 1. The fourth-order valence-corrected chi connectivity index (χ4v) is 2.37. The quantitative estimate of drug-likeness (QED) is 0.766. The van der Waals surface area contributed by atoms with Gasteiger partial charge in [0.05, 0.1) is 0 Å². The molecule has 1 unspecified atom stereocenters. The van der Waals surface area contributed by atoms with Crippen molar-refractivity contribution >= 4 is 5.97 Å². The monoisotopic (exact) mass is 217 g/mol. The molecular formula is C14H17O2-. The van der Waals surface area contributed by atoms with Crippen LogP contribution in [0.15, 0.2) is 18.2 Å². The molecule has 2 nitrogen and oxygen atoms in total. The lowest BCUT2D eigenvalue weighted by atomic mass is 10.0. The molecule has 0 spiro atoms. The maximum atomic E-state index is 10.8. The molecule has 0 heterocycles. The van der Waals surface area contributed by atoms with Crippen molar-refractivity contribution in [2.45, 2.75) is 39.0 Å². The lowest BCUT2D eigenvalue weighted by molar-refractivity contribution is -0.311. The van der Waals surface area contributed by atoms with Crippen molar-refractivity contribution in [3.63, 3.8) is 0 Å². The van der Waals surface area contributed by atoms with Gasteiger partial charge >= 0.3 is 0 Å². The summed E-state index contributed by atoms with van der Waals surface area (Å²) in [5.41, 5.74) is 3.73. The van der Waals surface area contributed by atoms with Crippen molar-refractivity contribution in [1.29, 1.82) is 0 Å². The molecule has 2 heteroatoms. The van der Waals surface area contributed by atoms with E-state index in [2.05, 4.69) is 25.1 Å². The lowest BCUT2D eigenvalue weighted by Crippen LogP contribution is -2.31. The smallest absolute Gasteiger partial charge is 0.0451 e. The van der Waals surface area contributed by atoms with E-state index < -0.39 is 5.97 Å². The van der Waals surface area contributed by atoms with Crippen LogP contribution in [-0.4, -0.2) is 5.97 Å². The van der Waals surface area contributed by atoms with E-state index in [0.717, 1.165) is 6.42 Å². The van der Waals surface area contributed by atoms with E-state index >= 15 is 0 Å². The van der Waals surface area contributed by atoms with Gasteiger partial charge in [-0.05, 0) is 42.4 Å². The van der Waals surface area contributed by atoms with Gasteiger partial charge in [-0.25, -0.2) is 0 Å². The fraction of sp³-hybridized carbons (Fsp3) is 0.500. The molecule has 1 aromatic rings. The zero-order valence-electron chi connectivity index (χ0n) is 9.66. The van der Waals surface area contributed by atoms with Crippen molar-refractivity contribution in [3.05, 3.63) is 34.9 Å². The third kappa shape index (κ3) is 2.26. The van der Waals surface area contributed by atoms with Gasteiger partial charge in [-0.3, -0.25) is 0 Å². The molecule has 1 aliphatic rings. The Hall–Kier alpha value is -1.31. The third-order valence-electron chi connectivity index (χ3n) is 3.36. The molecule has 1 aliphatic carbocycles. The number of aryl methyl sites for hydroxylation is 1. The van der Waals surface area contributed by atoms with Crippen LogP contribution in [0.3, 0.4) is 0 Å². The van der Waals surface area contributed by atoms with Gasteiger partial charge in [0.25, 0.3) is 0 Å². The molecule has 1 aromatic carbocycles. The van der Waals surface area contributed by atoms with Crippen molar-refractivity contribution < 1.29 is 9.90 Å². The molecule has 86 valence electrons. The Morgan fingerprint density at radius 2 is 2.12 bits per heavy atom. The van der Waals surface area contributed by atoms with Crippen LogP contribution in [-0.2, 0) is 24.1 Å². The summed E-state index contributed by atoms with van der Waals surface area (Å²) < 4.78 is 0. The average molecular weight is 217 g/mol. The van der Waals surface area contributed by atoms with Crippen molar-refractivity contribution in [1.82, 2.24) is 0 Å². The predicted molar refractivity (Wildman–Crippen MR) is 61.0 cm³/mol. The minimum absolute atomic E-state index is 0.309. The molecule has 0 saturated heterocycles. The maximum Gasteiger partial charge on any atom is 0.0451 e. The van der Waals surface area contributed by atoms with Crippen LogP contribution in [0, 0.1) is 5.92 Å². The summed E-state index contributed by atoms with van der Waals surface area (Å²) in [5, 5.41) is 10.8. The van der Waals surface area contributed by atoms with Gasteiger partial charge in [0.1, 0.15) is 0 Å². The van der Waals surface area contributed by atoms with E-state index in [1.165, 1.54) is 29.5 Å². The second kappa shape index (κ2) is 4.69. The number of hydrogen-bond donors (Lipinski definition) is 0. The Morgan fingerprint density at radius 3 is 2.81 bits per heavy atom. The van der Waals surface area contributed by atoms with E-state index in [4.69, 9.17) is 0 Å². The van der Waals surface area contributed by atoms with Crippen LogP contribution >= 0.6 is 0 Å². The third-order valence-corrected chi connectivity index (χ3v) is 3.36. The summed E-state index contributed by atoms with van der Waals surface area (Å²) in [7, 11) is 0. The Balaban J connectivity index is 2.11. The Labute approximate surface area is 96.3 Å². The maximum absolute atomic E-state index is 10.8. The highest BCUT2D eigenvalue weighted by molar-refractivity contribution is 5.70. The molecular weight excluding hydrogens is 200 g/mol. The Morgan fingerprint density at radius 1 is 1.38 bits per heavy atom. The molecule has 0 aromatic heterocycles. The number of carboxylic acids is 1. The van der Waals surface area contributed by atoms with Crippen molar-refractivity contribution in [2.75, 3.05) is 0 Å². The molecule has 0 radical (unpaired) electrons. The van der Waals surface area contributed by atoms with Gasteiger partial charge in [0.2, 0.25) is 0 Å². The topological polar surface area (TPSA) is 40.1 Å². The summed E-state index contributed by atoms with van der Waals surface area (Å²) in [4.78, 5) is 10.8. The van der Waals surface area contributed by atoms with E-state index in [-0.39, 0.29) is 5.92 Å². The summed E-state index contributed by atoms with van der Waals surface area (Å²) in [5.74, 6) is -1.22. The highest BCUT2D eigenvalue weighted by Gasteiger charge is 2.22. The fourth-order valence-electron chi connectivity index (χ4n) is 2.37. The number of carbonyl (C=O) groups excluding carboxylic acids is 1. The molecule has 0 saturated carbocycles. The molecule has 1 atom stereocenters. The first-order valence-corrected chi connectivity index (χ1v) is 6.02. The van der Waals surface area contributed by atoms with E-state index in [1.807, 2.05) is 0 Å². The van der Waals surface area contributed by atoms with Crippen LogP contribution in [0.2, 0.25) is 0 Å². The van der Waals surface area contributed by atoms with Gasteiger partial charge in [-0.15, -0.1) is 0 Å². The number of benzene rings is 1. The second-order valence-corrected chi connectivity index (χ2v) is 4.63. The standard InChI is InChI=1S/C14H18O2/c1-2-3-4-10-5-6-11-8-13(14(15)16)9-12(11)7-10/h5-7,13H,2-4,8-9H2,1H3,(H,15,16)/p-1. The molecule has 0 amide bonds. The summed E-state index contributed by atoms with van der Waals surface area (Å²) >= 11 is 0. The predicted octanol–water partition coefficient (Wildman–Crippen LogP) is 1.49. The number of rotatable bonds is 4. The minimum atomic E-state index is -0.911. The summed E-state index contributed by atoms with van der Waals surface area (Å²) in [6.45, 7) is 2.18. The molecule has 2 rings (SSSR count). The van der Waals surface area contributed by atoms with Gasteiger partial charge < -0.3 is 9.90 Å². The number of hydrogen-bond acceptors (Lipinski definition) is 2. The summed E-state index contributed by atoms with van der Waals surface area (Å²) in [6, 6.07) is 6.39. The largest absolute Gasteiger partial charge is 0.550 e.